The maximum absolute atomic E-state index is 2.82. The quantitative estimate of drug-likeness (QED) is 0.713. The SMILES string of the molecule is CC[N]([Sn]1[N](C(C)C)C(C)[N]1C(C)C)C(C)(C)C. The van der Waals surface area contributed by atoms with E-state index in [1.54, 1.807) is 0 Å². The summed E-state index contributed by atoms with van der Waals surface area (Å²) >= 11 is -1.81. The average Bonchev–Trinajstić information content (AvgIpc) is 2.13. The predicted molar refractivity (Wildman–Crippen MR) is 81.3 cm³/mol. The van der Waals surface area contributed by atoms with Crippen molar-refractivity contribution < 1.29 is 0 Å². The van der Waals surface area contributed by atoms with Gasteiger partial charge in [0.2, 0.25) is 0 Å². The Hall–Kier alpha value is 0.679. The normalized spacial score (nSPS) is 21.3. The molecule has 0 aromatic heterocycles. The monoisotopic (exact) mass is 362 g/mol. The molecule has 1 saturated heterocycles. The summed E-state index contributed by atoms with van der Waals surface area (Å²) in [5.41, 5.74) is 0.296. The van der Waals surface area contributed by atoms with Gasteiger partial charge in [0.05, 0.1) is 0 Å². The summed E-state index contributed by atoms with van der Waals surface area (Å²) in [5, 5.41) is 0. The van der Waals surface area contributed by atoms with Crippen molar-refractivity contribution in [3.05, 3.63) is 0 Å². The fraction of sp³-hybridized carbons (Fsp3) is 1.00. The topological polar surface area (TPSA) is 9.72 Å². The molecule has 1 radical (unpaired) electrons. The second-order valence-corrected chi connectivity index (χ2v) is 13.0. The van der Waals surface area contributed by atoms with E-state index >= 15 is 0 Å². The Bertz CT molecular complexity index is 257. The summed E-state index contributed by atoms with van der Waals surface area (Å²) in [6.45, 7) is 22.4. The van der Waals surface area contributed by atoms with Crippen LogP contribution in [-0.4, -0.2) is 60.3 Å². The van der Waals surface area contributed by atoms with E-state index in [2.05, 4.69) is 71.7 Å². The zero-order chi connectivity index (χ0) is 14.2. The molecule has 1 rings (SSSR count). The molecule has 0 saturated carbocycles. The van der Waals surface area contributed by atoms with Gasteiger partial charge in [-0.25, -0.2) is 0 Å². The van der Waals surface area contributed by atoms with Crippen LogP contribution in [0.2, 0.25) is 0 Å². The van der Waals surface area contributed by atoms with Gasteiger partial charge in [0.25, 0.3) is 0 Å². The Morgan fingerprint density at radius 3 is 1.67 bits per heavy atom. The molecule has 0 N–H and O–H groups in total. The molecule has 0 aliphatic carbocycles. The van der Waals surface area contributed by atoms with Crippen molar-refractivity contribution in [3.8, 4) is 0 Å². The molecule has 0 spiro atoms. The van der Waals surface area contributed by atoms with Crippen LogP contribution in [0.5, 0.6) is 0 Å². The fourth-order valence-electron chi connectivity index (χ4n) is 3.06. The van der Waals surface area contributed by atoms with Crippen molar-refractivity contribution in [2.24, 2.45) is 0 Å². The molecule has 4 heteroatoms. The van der Waals surface area contributed by atoms with Crippen molar-refractivity contribution >= 4 is 20.6 Å². The minimum atomic E-state index is -1.81. The molecule has 0 amide bonds. The van der Waals surface area contributed by atoms with Crippen molar-refractivity contribution in [1.82, 2.24) is 9.36 Å². The van der Waals surface area contributed by atoms with E-state index in [1.165, 1.54) is 6.54 Å². The summed E-state index contributed by atoms with van der Waals surface area (Å²) in [7, 11) is 0. The van der Waals surface area contributed by atoms with E-state index in [9.17, 15) is 0 Å². The number of hydrogen-bond donors (Lipinski definition) is 0. The van der Waals surface area contributed by atoms with E-state index in [-0.39, 0.29) is 0 Å². The molecule has 1 heterocycles. The molecule has 1 aliphatic heterocycles. The Labute approximate surface area is 122 Å². The van der Waals surface area contributed by atoms with E-state index < -0.39 is 20.6 Å². The van der Waals surface area contributed by atoms with Crippen LogP contribution < -0.4 is 0 Å². The van der Waals surface area contributed by atoms with E-state index in [0.717, 1.165) is 0 Å². The van der Waals surface area contributed by atoms with Gasteiger partial charge in [0, 0.05) is 0 Å². The Kier molecular flexibility index (Phi) is 5.56. The van der Waals surface area contributed by atoms with Crippen LogP contribution in [0.15, 0.2) is 0 Å². The zero-order valence-corrected chi connectivity index (χ0v) is 16.6. The van der Waals surface area contributed by atoms with Crippen LogP contribution in [0, 0.1) is 0 Å². The van der Waals surface area contributed by atoms with Crippen molar-refractivity contribution in [1.29, 1.82) is 0 Å². The van der Waals surface area contributed by atoms with Gasteiger partial charge >= 0.3 is 123 Å². The van der Waals surface area contributed by atoms with Gasteiger partial charge in [-0.3, -0.25) is 0 Å². The van der Waals surface area contributed by atoms with Gasteiger partial charge in [0.15, 0.2) is 0 Å². The van der Waals surface area contributed by atoms with Gasteiger partial charge < -0.3 is 0 Å². The van der Waals surface area contributed by atoms with Crippen molar-refractivity contribution in [2.45, 2.75) is 86.1 Å². The fourth-order valence-corrected chi connectivity index (χ4v) is 12.7. The van der Waals surface area contributed by atoms with E-state index in [0.29, 0.717) is 23.8 Å². The first kappa shape index (κ1) is 16.7. The first-order valence-corrected chi connectivity index (χ1v) is 11.2. The predicted octanol–water partition coefficient (Wildman–Crippen LogP) is 2.87. The van der Waals surface area contributed by atoms with E-state index in [1.807, 2.05) is 0 Å². The Morgan fingerprint density at radius 1 is 1.06 bits per heavy atom. The molecule has 1 fully saturated rings. The third-order valence-corrected chi connectivity index (χ3v) is 15.7. The molecular weight excluding hydrogens is 329 g/mol. The molecular formula is C14H32N3Sn. The first-order chi connectivity index (χ1) is 8.12. The number of hydrogen-bond acceptors (Lipinski definition) is 3. The second kappa shape index (κ2) is 5.98. The van der Waals surface area contributed by atoms with Crippen LogP contribution in [0.25, 0.3) is 0 Å². The van der Waals surface area contributed by atoms with Crippen LogP contribution in [0.4, 0.5) is 0 Å². The molecule has 0 bridgehead atoms. The first-order valence-electron chi connectivity index (χ1n) is 7.34. The van der Waals surface area contributed by atoms with Crippen LogP contribution in [0.1, 0.15) is 62.3 Å². The van der Waals surface area contributed by atoms with E-state index in [4.69, 9.17) is 0 Å². The minimum absolute atomic E-state index is 0.296. The third-order valence-electron chi connectivity index (χ3n) is 3.75. The van der Waals surface area contributed by atoms with Crippen LogP contribution in [0.3, 0.4) is 0 Å². The van der Waals surface area contributed by atoms with Gasteiger partial charge in [-0.1, -0.05) is 0 Å². The summed E-state index contributed by atoms with van der Waals surface area (Å²) in [6.07, 6.45) is 0.635. The Balaban J connectivity index is 2.99. The van der Waals surface area contributed by atoms with Gasteiger partial charge in [0.1, 0.15) is 0 Å². The van der Waals surface area contributed by atoms with Crippen molar-refractivity contribution in [3.63, 3.8) is 0 Å². The summed E-state index contributed by atoms with van der Waals surface area (Å²) in [6, 6.07) is 1.36. The van der Waals surface area contributed by atoms with Gasteiger partial charge in [-0.05, 0) is 0 Å². The molecule has 3 nitrogen and oxygen atoms in total. The molecule has 0 aromatic rings. The van der Waals surface area contributed by atoms with Crippen LogP contribution in [-0.2, 0) is 0 Å². The zero-order valence-electron chi connectivity index (χ0n) is 13.8. The molecule has 0 aromatic carbocycles. The van der Waals surface area contributed by atoms with Crippen LogP contribution >= 0.6 is 0 Å². The summed E-state index contributed by atoms with van der Waals surface area (Å²) < 4.78 is 8.43. The molecule has 0 unspecified atom stereocenters. The molecule has 18 heavy (non-hydrogen) atoms. The number of nitrogens with zero attached hydrogens (tertiary/aromatic N) is 3. The van der Waals surface area contributed by atoms with Crippen molar-refractivity contribution in [2.75, 3.05) is 6.54 Å². The van der Waals surface area contributed by atoms with Gasteiger partial charge in [-0.15, -0.1) is 0 Å². The second-order valence-electron chi connectivity index (χ2n) is 6.85. The molecule has 0 atom stereocenters. The summed E-state index contributed by atoms with van der Waals surface area (Å²) in [5.74, 6) is 0. The third kappa shape index (κ3) is 3.05. The molecule has 107 valence electrons. The maximum atomic E-state index is 2.82. The molecule has 1 aliphatic rings. The average molecular weight is 361 g/mol. The number of rotatable bonds is 4. The van der Waals surface area contributed by atoms with Gasteiger partial charge in [-0.2, -0.15) is 0 Å². The summed E-state index contributed by atoms with van der Waals surface area (Å²) in [4.78, 5) is 0. The Morgan fingerprint density at radius 2 is 1.44 bits per heavy atom. The standard InChI is InChI=1S/C8H18N2.C6H14N.Sn/c1-6(2)9-8(5)10-7(3)4;1-5-7-6(2,3)4;/h6-8H,1-5H3;5H2,1-4H3;/q-2;-1;+3.